The molecule has 1 atom stereocenters. The van der Waals surface area contributed by atoms with Crippen LogP contribution < -0.4 is 4.72 Å². The third-order valence-corrected chi connectivity index (χ3v) is 5.17. The van der Waals surface area contributed by atoms with Gasteiger partial charge in [-0.3, -0.25) is 4.79 Å². The van der Waals surface area contributed by atoms with Crippen LogP contribution in [-0.4, -0.2) is 39.3 Å². The highest BCUT2D eigenvalue weighted by Crippen LogP contribution is 2.24. The van der Waals surface area contributed by atoms with E-state index in [4.69, 9.17) is 4.74 Å². The highest BCUT2D eigenvalue weighted by Gasteiger charge is 2.31. The maximum atomic E-state index is 13.1. The Kier molecular flexibility index (Phi) is 5.49. The summed E-state index contributed by atoms with van der Waals surface area (Å²) in [6.07, 6.45) is 1.16. The Labute approximate surface area is 128 Å². The lowest BCUT2D eigenvalue weighted by Crippen LogP contribution is -2.38. The van der Waals surface area contributed by atoms with Gasteiger partial charge < -0.3 is 9.84 Å². The van der Waals surface area contributed by atoms with Gasteiger partial charge in [0.2, 0.25) is 10.0 Å². The van der Waals surface area contributed by atoms with Crippen LogP contribution in [0.2, 0.25) is 0 Å². The van der Waals surface area contributed by atoms with Crippen molar-refractivity contribution in [1.29, 1.82) is 0 Å². The van der Waals surface area contributed by atoms with Crippen LogP contribution >= 0.6 is 0 Å². The largest absolute Gasteiger partial charge is 0.481 e. The number of benzene rings is 1. The molecule has 0 aromatic heterocycles. The molecule has 0 aliphatic carbocycles. The van der Waals surface area contributed by atoms with Crippen LogP contribution in [-0.2, 0) is 19.6 Å². The van der Waals surface area contributed by atoms with Crippen molar-refractivity contribution < 1.29 is 27.4 Å². The van der Waals surface area contributed by atoms with Gasteiger partial charge in [0.25, 0.3) is 0 Å². The van der Waals surface area contributed by atoms with Crippen LogP contribution in [0.25, 0.3) is 0 Å². The van der Waals surface area contributed by atoms with Crippen LogP contribution in [0.5, 0.6) is 0 Å². The van der Waals surface area contributed by atoms with E-state index >= 15 is 0 Å². The predicted octanol–water partition coefficient (Wildman–Crippen LogP) is 1.23. The van der Waals surface area contributed by atoms with E-state index in [0.29, 0.717) is 26.1 Å². The second kappa shape index (κ2) is 7.17. The van der Waals surface area contributed by atoms with Crippen molar-refractivity contribution in [3.05, 3.63) is 30.1 Å². The van der Waals surface area contributed by atoms with Gasteiger partial charge >= 0.3 is 5.97 Å². The van der Waals surface area contributed by atoms with E-state index in [1.54, 1.807) is 0 Å². The van der Waals surface area contributed by atoms with Crippen molar-refractivity contribution in [3.8, 4) is 0 Å². The smallest absolute Gasteiger partial charge is 0.308 e. The fourth-order valence-corrected chi connectivity index (χ4v) is 3.58. The Bertz CT molecular complexity index is 628. The Balaban J connectivity index is 2.06. The van der Waals surface area contributed by atoms with E-state index < -0.39 is 27.7 Å². The van der Waals surface area contributed by atoms with Gasteiger partial charge in [-0.1, -0.05) is 6.07 Å². The molecular formula is C14H18FNO5S. The molecular weight excluding hydrogens is 313 g/mol. The molecule has 1 heterocycles. The molecule has 1 fully saturated rings. The van der Waals surface area contributed by atoms with E-state index in [2.05, 4.69) is 4.72 Å². The summed E-state index contributed by atoms with van der Waals surface area (Å²) in [7, 11) is -3.93. The third kappa shape index (κ3) is 4.25. The number of sulfonamides is 1. The summed E-state index contributed by atoms with van der Waals surface area (Å²) in [5.74, 6) is -2.68. The number of hydrogen-bond acceptors (Lipinski definition) is 4. The van der Waals surface area contributed by atoms with Crippen LogP contribution in [0, 0.1) is 17.7 Å². The molecule has 122 valence electrons. The molecule has 1 aliphatic rings. The van der Waals surface area contributed by atoms with Gasteiger partial charge in [-0.25, -0.2) is 17.5 Å². The minimum absolute atomic E-state index is 0.138. The topological polar surface area (TPSA) is 92.7 Å². The van der Waals surface area contributed by atoms with Crippen molar-refractivity contribution in [2.45, 2.75) is 17.7 Å². The molecule has 1 aromatic rings. The van der Waals surface area contributed by atoms with Crippen LogP contribution in [0.1, 0.15) is 12.8 Å². The van der Waals surface area contributed by atoms with Gasteiger partial charge in [-0.05, 0) is 37.0 Å². The molecule has 1 aromatic carbocycles. The summed E-state index contributed by atoms with van der Waals surface area (Å²) < 4.78 is 44.8. The highest BCUT2D eigenvalue weighted by atomic mass is 32.2. The normalized spacial score (nSPS) is 18.0. The lowest BCUT2D eigenvalue weighted by Gasteiger charge is -2.27. The summed E-state index contributed by atoms with van der Waals surface area (Å²) in [5, 5.41) is 9.30. The molecule has 2 N–H and O–H groups in total. The van der Waals surface area contributed by atoms with Crippen molar-refractivity contribution in [2.75, 3.05) is 19.8 Å². The number of carboxylic acid groups (broad SMARTS) is 1. The zero-order valence-corrected chi connectivity index (χ0v) is 12.7. The summed E-state index contributed by atoms with van der Waals surface area (Å²) >= 11 is 0. The van der Waals surface area contributed by atoms with Crippen LogP contribution in [0.15, 0.2) is 29.2 Å². The van der Waals surface area contributed by atoms with Crippen molar-refractivity contribution >= 4 is 16.0 Å². The summed E-state index contributed by atoms with van der Waals surface area (Å²) in [6.45, 7) is 0.731. The quantitative estimate of drug-likeness (QED) is 0.818. The Hall–Kier alpha value is -1.51. The number of halogens is 1. The zero-order chi connectivity index (χ0) is 16.2. The molecule has 0 spiro atoms. The summed E-state index contributed by atoms with van der Waals surface area (Å²) in [5.41, 5.74) is 0. The van der Waals surface area contributed by atoms with Crippen molar-refractivity contribution in [1.82, 2.24) is 4.72 Å². The van der Waals surface area contributed by atoms with Gasteiger partial charge in [0.15, 0.2) is 0 Å². The van der Waals surface area contributed by atoms with E-state index in [9.17, 15) is 22.7 Å². The van der Waals surface area contributed by atoms with E-state index in [-0.39, 0.29) is 17.4 Å². The first-order chi connectivity index (χ1) is 10.4. The summed E-state index contributed by atoms with van der Waals surface area (Å²) in [6, 6.07) is 4.58. The maximum Gasteiger partial charge on any atom is 0.308 e. The van der Waals surface area contributed by atoms with Crippen molar-refractivity contribution in [2.24, 2.45) is 11.8 Å². The first kappa shape index (κ1) is 16.9. The Morgan fingerprint density at radius 1 is 1.41 bits per heavy atom. The standard InChI is InChI=1S/C14H18FNO5S/c15-11-2-1-3-12(8-11)22(19,20)16-9-13(14(17)18)10-4-6-21-7-5-10/h1-3,8,10,13,16H,4-7,9H2,(H,17,18). The minimum atomic E-state index is -3.93. The maximum absolute atomic E-state index is 13.1. The third-order valence-electron chi connectivity index (χ3n) is 3.75. The molecule has 0 bridgehead atoms. The van der Waals surface area contributed by atoms with Gasteiger partial charge in [-0.15, -0.1) is 0 Å². The number of aliphatic carboxylic acids is 1. The second-order valence-corrected chi connectivity index (χ2v) is 6.97. The molecule has 1 aliphatic heterocycles. The highest BCUT2D eigenvalue weighted by molar-refractivity contribution is 7.89. The number of carbonyl (C=O) groups is 1. The van der Waals surface area contributed by atoms with Crippen molar-refractivity contribution in [3.63, 3.8) is 0 Å². The van der Waals surface area contributed by atoms with Crippen LogP contribution in [0.4, 0.5) is 4.39 Å². The number of rotatable bonds is 6. The Morgan fingerprint density at radius 3 is 2.68 bits per heavy atom. The Morgan fingerprint density at radius 2 is 2.09 bits per heavy atom. The fraction of sp³-hybridized carbons (Fsp3) is 0.500. The molecule has 0 amide bonds. The van der Waals surface area contributed by atoms with E-state index in [1.807, 2.05) is 0 Å². The predicted molar refractivity (Wildman–Crippen MR) is 76.3 cm³/mol. The second-order valence-electron chi connectivity index (χ2n) is 5.20. The molecule has 1 unspecified atom stereocenters. The molecule has 1 saturated heterocycles. The molecule has 0 radical (unpaired) electrons. The SMILES string of the molecule is O=C(O)C(CNS(=O)(=O)c1cccc(F)c1)C1CCOCC1. The first-order valence-corrected chi connectivity index (χ1v) is 8.44. The number of carboxylic acids is 1. The van der Waals surface area contributed by atoms with Gasteiger partial charge in [-0.2, -0.15) is 0 Å². The molecule has 22 heavy (non-hydrogen) atoms. The molecule has 2 rings (SSSR count). The van der Waals surface area contributed by atoms with Gasteiger partial charge in [0, 0.05) is 19.8 Å². The molecule has 6 nitrogen and oxygen atoms in total. The van der Waals surface area contributed by atoms with Crippen LogP contribution in [0.3, 0.4) is 0 Å². The molecule has 8 heteroatoms. The lowest BCUT2D eigenvalue weighted by molar-refractivity contribution is -0.144. The zero-order valence-electron chi connectivity index (χ0n) is 11.9. The lowest BCUT2D eigenvalue weighted by atomic mass is 9.86. The summed E-state index contributed by atoms with van der Waals surface area (Å²) in [4.78, 5) is 11.2. The average molecular weight is 331 g/mol. The fourth-order valence-electron chi connectivity index (χ4n) is 2.49. The van der Waals surface area contributed by atoms with Gasteiger partial charge in [0.05, 0.1) is 10.8 Å². The van der Waals surface area contributed by atoms with E-state index in [1.165, 1.54) is 12.1 Å². The number of hydrogen-bond donors (Lipinski definition) is 2. The first-order valence-electron chi connectivity index (χ1n) is 6.96. The average Bonchev–Trinajstić information content (AvgIpc) is 2.48. The monoisotopic (exact) mass is 331 g/mol. The molecule has 0 saturated carbocycles. The number of nitrogens with one attached hydrogen (secondary N) is 1. The van der Waals surface area contributed by atoms with E-state index in [0.717, 1.165) is 12.1 Å². The van der Waals surface area contributed by atoms with Gasteiger partial charge in [0.1, 0.15) is 5.82 Å². The minimum Gasteiger partial charge on any atom is -0.481 e. The number of ether oxygens (including phenoxy) is 1.